The van der Waals surface area contributed by atoms with Crippen LogP contribution < -0.4 is 0 Å². The first-order chi connectivity index (χ1) is 8.28. The van der Waals surface area contributed by atoms with E-state index in [0.29, 0.717) is 0 Å². The van der Waals surface area contributed by atoms with Crippen molar-refractivity contribution in [2.24, 2.45) is 5.92 Å². The van der Waals surface area contributed by atoms with E-state index in [4.69, 9.17) is 0 Å². The number of hydrogen-bond acceptors (Lipinski definition) is 1. The lowest BCUT2D eigenvalue weighted by atomic mass is 10.0. The standard InChI is InChI=1S/C15H21NO/c1-3-12(4-2)10-16-8-7-14-6-5-13(11-17)9-15(14)16/h5-9,12,17H,3-4,10-11H2,1-2H3. The molecule has 0 spiro atoms. The van der Waals surface area contributed by atoms with Crippen LogP contribution in [0.1, 0.15) is 32.3 Å². The zero-order valence-electron chi connectivity index (χ0n) is 10.7. The molecule has 0 atom stereocenters. The van der Waals surface area contributed by atoms with Gasteiger partial charge in [0.05, 0.1) is 6.61 Å². The van der Waals surface area contributed by atoms with Gasteiger partial charge in [0.25, 0.3) is 0 Å². The second-order valence-corrected chi connectivity index (χ2v) is 4.70. The molecule has 2 rings (SSSR count). The van der Waals surface area contributed by atoms with Crippen LogP contribution in [0.4, 0.5) is 0 Å². The Labute approximate surface area is 103 Å². The number of nitrogens with zero attached hydrogens (tertiary/aromatic N) is 1. The van der Waals surface area contributed by atoms with Gasteiger partial charge in [-0.05, 0) is 29.0 Å². The van der Waals surface area contributed by atoms with Crippen LogP contribution in [-0.4, -0.2) is 9.67 Å². The number of aliphatic hydroxyl groups is 1. The molecule has 2 aromatic rings. The number of benzene rings is 1. The van der Waals surface area contributed by atoms with Crippen LogP contribution in [0, 0.1) is 5.92 Å². The summed E-state index contributed by atoms with van der Waals surface area (Å²) in [5, 5.41) is 10.4. The number of hydrogen-bond donors (Lipinski definition) is 1. The summed E-state index contributed by atoms with van der Waals surface area (Å²) in [6, 6.07) is 8.32. The summed E-state index contributed by atoms with van der Waals surface area (Å²) in [7, 11) is 0. The van der Waals surface area contributed by atoms with E-state index in [1.807, 2.05) is 6.07 Å². The molecule has 1 aromatic carbocycles. The molecule has 0 aliphatic rings. The molecular weight excluding hydrogens is 210 g/mol. The van der Waals surface area contributed by atoms with Crippen LogP contribution in [0.25, 0.3) is 10.9 Å². The molecule has 1 N–H and O–H groups in total. The molecule has 0 unspecified atom stereocenters. The third-order valence-corrected chi connectivity index (χ3v) is 3.63. The lowest BCUT2D eigenvalue weighted by molar-refractivity contribution is 0.282. The van der Waals surface area contributed by atoms with Gasteiger partial charge < -0.3 is 9.67 Å². The fourth-order valence-electron chi connectivity index (χ4n) is 2.31. The van der Waals surface area contributed by atoms with Crippen LogP contribution in [0.5, 0.6) is 0 Å². The Morgan fingerprint density at radius 1 is 1.18 bits per heavy atom. The Morgan fingerprint density at radius 2 is 1.94 bits per heavy atom. The summed E-state index contributed by atoms with van der Waals surface area (Å²) in [5.74, 6) is 0.739. The number of rotatable bonds is 5. The highest BCUT2D eigenvalue weighted by Gasteiger charge is 2.07. The summed E-state index contributed by atoms with van der Waals surface area (Å²) >= 11 is 0. The molecule has 0 amide bonds. The zero-order valence-corrected chi connectivity index (χ0v) is 10.7. The van der Waals surface area contributed by atoms with E-state index in [1.165, 1.54) is 23.7 Å². The van der Waals surface area contributed by atoms with Crippen molar-refractivity contribution < 1.29 is 5.11 Å². The Balaban J connectivity index is 2.33. The van der Waals surface area contributed by atoms with E-state index in [1.54, 1.807) is 0 Å². The molecule has 0 fully saturated rings. The Hall–Kier alpha value is -1.28. The molecule has 92 valence electrons. The minimum absolute atomic E-state index is 0.117. The van der Waals surface area contributed by atoms with Gasteiger partial charge in [0.2, 0.25) is 0 Å². The fourth-order valence-corrected chi connectivity index (χ4v) is 2.31. The van der Waals surface area contributed by atoms with Crippen LogP contribution in [0.15, 0.2) is 30.5 Å². The van der Waals surface area contributed by atoms with Crippen LogP contribution in [0.2, 0.25) is 0 Å². The van der Waals surface area contributed by atoms with E-state index >= 15 is 0 Å². The first-order valence-electron chi connectivity index (χ1n) is 6.47. The Morgan fingerprint density at radius 3 is 2.59 bits per heavy atom. The maximum Gasteiger partial charge on any atom is 0.0682 e. The molecular formula is C15H21NO. The first kappa shape index (κ1) is 12.2. The van der Waals surface area contributed by atoms with E-state index in [0.717, 1.165) is 18.0 Å². The number of fused-ring (bicyclic) bond motifs is 1. The summed E-state index contributed by atoms with van der Waals surface area (Å²) in [6.45, 7) is 5.69. The zero-order chi connectivity index (χ0) is 12.3. The maximum atomic E-state index is 9.19. The Bertz CT molecular complexity index is 483. The van der Waals surface area contributed by atoms with E-state index in [-0.39, 0.29) is 6.61 Å². The van der Waals surface area contributed by atoms with Gasteiger partial charge in [-0.1, -0.05) is 38.8 Å². The maximum absolute atomic E-state index is 9.19. The monoisotopic (exact) mass is 231 g/mol. The predicted molar refractivity (Wildman–Crippen MR) is 71.9 cm³/mol. The predicted octanol–water partition coefficient (Wildman–Crippen LogP) is 3.57. The van der Waals surface area contributed by atoms with Crippen molar-refractivity contribution in [3.8, 4) is 0 Å². The smallest absolute Gasteiger partial charge is 0.0682 e. The summed E-state index contributed by atoms with van der Waals surface area (Å²) in [4.78, 5) is 0. The van der Waals surface area contributed by atoms with Crippen molar-refractivity contribution in [1.29, 1.82) is 0 Å². The minimum Gasteiger partial charge on any atom is -0.392 e. The van der Waals surface area contributed by atoms with Crippen LogP contribution in [-0.2, 0) is 13.2 Å². The lowest BCUT2D eigenvalue weighted by Crippen LogP contribution is -2.08. The van der Waals surface area contributed by atoms with Crippen LogP contribution in [0.3, 0.4) is 0 Å². The average Bonchev–Trinajstić information content (AvgIpc) is 2.78. The second kappa shape index (κ2) is 5.37. The Kier molecular flexibility index (Phi) is 3.85. The summed E-state index contributed by atoms with van der Waals surface area (Å²) in [6.07, 6.45) is 4.59. The van der Waals surface area contributed by atoms with Crippen molar-refractivity contribution in [2.45, 2.75) is 39.8 Å². The number of aliphatic hydroxyl groups excluding tert-OH is 1. The highest BCUT2D eigenvalue weighted by atomic mass is 16.3. The van der Waals surface area contributed by atoms with Gasteiger partial charge in [0.15, 0.2) is 0 Å². The van der Waals surface area contributed by atoms with Gasteiger partial charge in [0.1, 0.15) is 0 Å². The van der Waals surface area contributed by atoms with E-state index < -0.39 is 0 Å². The van der Waals surface area contributed by atoms with Crippen molar-refractivity contribution >= 4 is 10.9 Å². The van der Waals surface area contributed by atoms with Crippen molar-refractivity contribution in [3.63, 3.8) is 0 Å². The van der Waals surface area contributed by atoms with Crippen molar-refractivity contribution in [2.75, 3.05) is 0 Å². The first-order valence-corrected chi connectivity index (χ1v) is 6.47. The van der Waals surface area contributed by atoms with E-state index in [2.05, 4.69) is 42.8 Å². The van der Waals surface area contributed by atoms with E-state index in [9.17, 15) is 5.11 Å². The highest BCUT2D eigenvalue weighted by Crippen LogP contribution is 2.20. The average molecular weight is 231 g/mol. The van der Waals surface area contributed by atoms with Crippen molar-refractivity contribution in [1.82, 2.24) is 4.57 Å². The van der Waals surface area contributed by atoms with Crippen molar-refractivity contribution in [3.05, 3.63) is 36.0 Å². The molecule has 0 radical (unpaired) electrons. The molecule has 1 heterocycles. The van der Waals surface area contributed by atoms with Gasteiger partial charge in [-0.25, -0.2) is 0 Å². The molecule has 1 aromatic heterocycles. The normalized spacial score (nSPS) is 11.5. The van der Waals surface area contributed by atoms with Gasteiger partial charge >= 0.3 is 0 Å². The second-order valence-electron chi connectivity index (χ2n) is 4.70. The molecule has 2 heteroatoms. The van der Waals surface area contributed by atoms with Gasteiger partial charge in [0, 0.05) is 18.3 Å². The van der Waals surface area contributed by atoms with Gasteiger partial charge in [-0.3, -0.25) is 0 Å². The van der Waals surface area contributed by atoms with Gasteiger partial charge in [-0.2, -0.15) is 0 Å². The molecule has 0 bridgehead atoms. The topological polar surface area (TPSA) is 25.2 Å². The van der Waals surface area contributed by atoms with Crippen LogP contribution >= 0.6 is 0 Å². The SMILES string of the molecule is CCC(CC)Cn1ccc2ccc(CO)cc21. The largest absolute Gasteiger partial charge is 0.392 e. The number of aromatic nitrogens is 1. The molecule has 0 aliphatic heterocycles. The molecule has 0 saturated heterocycles. The lowest BCUT2D eigenvalue weighted by Gasteiger charge is -2.14. The van der Waals surface area contributed by atoms with Gasteiger partial charge in [-0.15, -0.1) is 0 Å². The molecule has 17 heavy (non-hydrogen) atoms. The highest BCUT2D eigenvalue weighted by molar-refractivity contribution is 5.80. The third-order valence-electron chi connectivity index (χ3n) is 3.63. The summed E-state index contributed by atoms with van der Waals surface area (Å²) < 4.78 is 2.31. The minimum atomic E-state index is 0.117. The summed E-state index contributed by atoms with van der Waals surface area (Å²) in [5.41, 5.74) is 2.23. The fraction of sp³-hybridized carbons (Fsp3) is 0.467. The molecule has 0 saturated carbocycles. The molecule has 0 aliphatic carbocycles. The molecule has 2 nitrogen and oxygen atoms in total. The quantitative estimate of drug-likeness (QED) is 0.836. The third kappa shape index (κ3) is 2.52.